The minimum Gasteiger partial charge on any atom is -0.349 e. The van der Waals surface area contributed by atoms with Crippen molar-refractivity contribution in [2.24, 2.45) is 12.0 Å². The molecule has 2 aromatic rings. The molecule has 1 aromatic heterocycles. The summed E-state index contributed by atoms with van der Waals surface area (Å²) >= 11 is 0. The van der Waals surface area contributed by atoms with Crippen molar-refractivity contribution in [2.45, 2.75) is 20.0 Å². The fourth-order valence-electron chi connectivity index (χ4n) is 2.07. The number of hydrogen-bond donors (Lipinski definition) is 1. The minimum atomic E-state index is 0.599. The first-order chi connectivity index (χ1) is 10.1. The summed E-state index contributed by atoms with van der Waals surface area (Å²) in [4.78, 5) is 10.6. The van der Waals surface area contributed by atoms with Gasteiger partial charge in [0.25, 0.3) is 0 Å². The highest BCUT2D eigenvalue weighted by Gasteiger charge is 2.08. The second-order valence-corrected chi connectivity index (χ2v) is 5.04. The zero-order chi connectivity index (χ0) is 15.2. The van der Waals surface area contributed by atoms with Crippen molar-refractivity contribution in [1.82, 2.24) is 25.0 Å². The fraction of sp³-hybridized carbons (Fsp3) is 0.400. The van der Waals surface area contributed by atoms with E-state index in [4.69, 9.17) is 0 Å². The molecule has 0 unspecified atom stereocenters. The molecule has 1 aromatic carbocycles. The predicted molar refractivity (Wildman–Crippen MR) is 83.8 cm³/mol. The van der Waals surface area contributed by atoms with Crippen LogP contribution in [0.1, 0.15) is 17.0 Å². The van der Waals surface area contributed by atoms with Gasteiger partial charge in [-0.15, -0.1) is 0 Å². The van der Waals surface area contributed by atoms with E-state index in [1.54, 1.807) is 18.1 Å². The van der Waals surface area contributed by atoms with Gasteiger partial charge >= 0.3 is 0 Å². The van der Waals surface area contributed by atoms with Crippen molar-refractivity contribution in [3.8, 4) is 0 Å². The van der Waals surface area contributed by atoms with Gasteiger partial charge in [0.1, 0.15) is 12.2 Å². The number of aryl methyl sites for hydroxylation is 2. The van der Waals surface area contributed by atoms with Crippen molar-refractivity contribution < 1.29 is 0 Å². The second-order valence-electron chi connectivity index (χ2n) is 5.04. The van der Waals surface area contributed by atoms with Crippen molar-refractivity contribution in [1.29, 1.82) is 0 Å². The maximum absolute atomic E-state index is 4.30. The first-order valence-corrected chi connectivity index (χ1v) is 6.90. The third-order valence-corrected chi connectivity index (χ3v) is 3.32. The lowest BCUT2D eigenvalue weighted by Gasteiger charge is -2.22. The molecular weight excluding hydrogens is 264 g/mol. The largest absolute Gasteiger partial charge is 0.349 e. The molecule has 0 radical (unpaired) electrons. The van der Waals surface area contributed by atoms with E-state index in [1.807, 2.05) is 14.1 Å². The van der Waals surface area contributed by atoms with E-state index in [2.05, 4.69) is 56.5 Å². The Labute approximate surface area is 125 Å². The molecule has 2 rings (SSSR count). The van der Waals surface area contributed by atoms with Crippen LogP contribution in [0.4, 0.5) is 0 Å². The number of nitrogens with one attached hydrogen (secondary N) is 1. The minimum absolute atomic E-state index is 0.599. The number of guanidine groups is 1. The molecule has 0 saturated carbocycles. The summed E-state index contributed by atoms with van der Waals surface area (Å²) < 4.78 is 1.75. The van der Waals surface area contributed by atoms with E-state index in [0.29, 0.717) is 6.54 Å². The number of rotatable bonds is 4. The summed E-state index contributed by atoms with van der Waals surface area (Å²) in [5.41, 5.74) is 2.52. The van der Waals surface area contributed by atoms with Gasteiger partial charge in [-0.1, -0.05) is 29.8 Å². The molecule has 0 aliphatic rings. The quantitative estimate of drug-likeness (QED) is 0.680. The van der Waals surface area contributed by atoms with Gasteiger partial charge in [-0.3, -0.25) is 9.67 Å². The maximum Gasteiger partial charge on any atom is 0.194 e. The Kier molecular flexibility index (Phi) is 4.92. The first kappa shape index (κ1) is 15.0. The molecule has 0 aliphatic heterocycles. The Hall–Kier alpha value is -2.37. The van der Waals surface area contributed by atoms with Crippen molar-refractivity contribution in [3.63, 3.8) is 0 Å². The standard InChI is InChI=1S/C15H22N6/c1-12-5-7-13(8-6-12)10-20(3)15(16-2)17-9-14-18-11-19-21(14)4/h5-8,11H,9-10H2,1-4H3,(H,16,17). The van der Waals surface area contributed by atoms with Crippen molar-refractivity contribution in [3.05, 3.63) is 47.5 Å². The Morgan fingerprint density at radius 1 is 1.33 bits per heavy atom. The highest BCUT2D eigenvalue weighted by Crippen LogP contribution is 2.06. The molecule has 0 aliphatic carbocycles. The Morgan fingerprint density at radius 2 is 2.05 bits per heavy atom. The van der Waals surface area contributed by atoms with Crippen LogP contribution in [0.3, 0.4) is 0 Å². The summed E-state index contributed by atoms with van der Waals surface area (Å²) in [5.74, 6) is 1.71. The lowest BCUT2D eigenvalue weighted by atomic mass is 10.1. The van der Waals surface area contributed by atoms with E-state index in [0.717, 1.165) is 18.3 Å². The summed E-state index contributed by atoms with van der Waals surface area (Å²) in [6.07, 6.45) is 1.55. The summed E-state index contributed by atoms with van der Waals surface area (Å²) in [5, 5.41) is 7.35. The number of benzene rings is 1. The lowest BCUT2D eigenvalue weighted by Crippen LogP contribution is -2.38. The molecule has 0 amide bonds. The summed E-state index contributed by atoms with van der Waals surface area (Å²) in [6, 6.07) is 8.53. The highest BCUT2D eigenvalue weighted by atomic mass is 15.3. The van der Waals surface area contributed by atoms with Gasteiger partial charge in [0.15, 0.2) is 5.96 Å². The summed E-state index contributed by atoms with van der Waals surface area (Å²) in [7, 11) is 5.68. The van der Waals surface area contributed by atoms with Gasteiger partial charge in [-0.2, -0.15) is 5.10 Å². The molecule has 6 nitrogen and oxygen atoms in total. The van der Waals surface area contributed by atoms with Crippen LogP contribution in [0.5, 0.6) is 0 Å². The number of nitrogens with zero attached hydrogens (tertiary/aromatic N) is 5. The molecule has 0 atom stereocenters. The zero-order valence-electron chi connectivity index (χ0n) is 13.0. The van der Waals surface area contributed by atoms with Crippen LogP contribution in [0.2, 0.25) is 0 Å². The van der Waals surface area contributed by atoms with Crippen LogP contribution >= 0.6 is 0 Å². The number of aromatic nitrogens is 3. The Morgan fingerprint density at radius 3 is 2.62 bits per heavy atom. The maximum atomic E-state index is 4.30. The average molecular weight is 286 g/mol. The molecule has 0 fully saturated rings. The van der Waals surface area contributed by atoms with E-state index < -0.39 is 0 Å². The van der Waals surface area contributed by atoms with Gasteiger partial charge in [0.2, 0.25) is 0 Å². The monoisotopic (exact) mass is 286 g/mol. The topological polar surface area (TPSA) is 58.3 Å². The van der Waals surface area contributed by atoms with Gasteiger partial charge in [0, 0.05) is 27.7 Å². The van der Waals surface area contributed by atoms with Crippen LogP contribution in [0.15, 0.2) is 35.6 Å². The Bertz CT molecular complexity index is 599. The van der Waals surface area contributed by atoms with Crippen LogP contribution in [0, 0.1) is 6.92 Å². The number of aliphatic imine (C=N–C) groups is 1. The lowest BCUT2D eigenvalue weighted by molar-refractivity contribution is 0.474. The van der Waals surface area contributed by atoms with Crippen LogP contribution in [0.25, 0.3) is 0 Å². The molecular formula is C15H22N6. The Balaban J connectivity index is 1.94. The fourth-order valence-corrected chi connectivity index (χ4v) is 2.07. The number of hydrogen-bond acceptors (Lipinski definition) is 3. The van der Waals surface area contributed by atoms with E-state index in [-0.39, 0.29) is 0 Å². The summed E-state index contributed by atoms with van der Waals surface area (Å²) in [6.45, 7) is 3.50. The molecule has 6 heteroatoms. The molecule has 1 N–H and O–H groups in total. The average Bonchev–Trinajstić information content (AvgIpc) is 2.88. The third-order valence-electron chi connectivity index (χ3n) is 3.32. The van der Waals surface area contributed by atoms with Gasteiger partial charge < -0.3 is 10.2 Å². The molecule has 21 heavy (non-hydrogen) atoms. The van der Waals surface area contributed by atoms with Crippen LogP contribution in [-0.2, 0) is 20.1 Å². The van der Waals surface area contributed by atoms with E-state index in [1.165, 1.54) is 11.1 Å². The first-order valence-electron chi connectivity index (χ1n) is 6.90. The van der Waals surface area contributed by atoms with Crippen LogP contribution < -0.4 is 5.32 Å². The predicted octanol–water partition coefficient (Wildman–Crippen LogP) is 1.33. The van der Waals surface area contributed by atoms with Crippen LogP contribution in [-0.4, -0.2) is 39.7 Å². The molecule has 0 bridgehead atoms. The van der Waals surface area contributed by atoms with Gasteiger partial charge in [-0.05, 0) is 12.5 Å². The van der Waals surface area contributed by atoms with E-state index >= 15 is 0 Å². The van der Waals surface area contributed by atoms with Gasteiger partial charge in [-0.25, -0.2) is 4.98 Å². The van der Waals surface area contributed by atoms with Crippen molar-refractivity contribution in [2.75, 3.05) is 14.1 Å². The van der Waals surface area contributed by atoms with Crippen molar-refractivity contribution >= 4 is 5.96 Å². The highest BCUT2D eigenvalue weighted by molar-refractivity contribution is 5.79. The smallest absolute Gasteiger partial charge is 0.194 e. The molecule has 1 heterocycles. The zero-order valence-corrected chi connectivity index (χ0v) is 13.0. The second kappa shape index (κ2) is 6.88. The molecule has 0 spiro atoms. The normalized spacial score (nSPS) is 11.5. The molecule has 112 valence electrons. The van der Waals surface area contributed by atoms with Gasteiger partial charge in [0.05, 0.1) is 6.54 Å². The SMILES string of the molecule is CN=C(NCc1ncnn1C)N(C)Cc1ccc(C)cc1. The molecule has 0 saturated heterocycles. The third kappa shape index (κ3) is 4.05. The van der Waals surface area contributed by atoms with E-state index in [9.17, 15) is 0 Å².